The Balaban J connectivity index is 2.49. The molecule has 1 unspecified atom stereocenters. The zero-order valence-electron chi connectivity index (χ0n) is 12.7. The predicted molar refractivity (Wildman–Crippen MR) is 78.1 cm³/mol. The Morgan fingerprint density at radius 1 is 1.32 bits per heavy atom. The minimum Gasteiger partial charge on any atom is -0.379 e. The monoisotopic (exact) mass is 268 g/mol. The Hall–Kier alpha value is -0.870. The highest BCUT2D eigenvalue weighted by Gasteiger charge is 2.22. The highest BCUT2D eigenvalue weighted by atomic mass is 16.5. The molecule has 1 aliphatic rings. The molecule has 19 heavy (non-hydrogen) atoms. The normalized spacial score (nSPS) is 18.2. The number of ether oxygens (including phenoxy) is 1. The minimum absolute atomic E-state index is 0.0158. The fourth-order valence-corrected chi connectivity index (χ4v) is 2.38. The molecular weight excluding hydrogens is 240 g/mol. The number of hydrogen-bond acceptors (Lipinski definition) is 3. The van der Waals surface area contributed by atoms with Crippen molar-refractivity contribution in [3.8, 4) is 0 Å². The van der Waals surface area contributed by atoms with Crippen molar-refractivity contribution in [1.82, 2.24) is 10.2 Å². The Kier molecular flexibility index (Phi) is 7.10. The maximum absolute atomic E-state index is 11.7. The maximum atomic E-state index is 11.7. The molecule has 0 aromatic carbocycles. The van der Waals surface area contributed by atoms with E-state index in [2.05, 4.69) is 24.1 Å². The maximum Gasteiger partial charge on any atom is 0.243 e. The zero-order valence-corrected chi connectivity index (χ0v) is 12.7. The van der Waals surface area contributed by atoms with E-state index in [1.165, 1.54) is 0 Å². The van der Waals surface area contributed by atoms with Crippen LogP contribution in [0.1, 0.15) is 34.1 Å². The van der Waals surface area contributed by atoms with Gasteiger partial charge < -0.3 is 10.1 Å². The topological polar surface area (TPSA) is 41.6 Å². The van der Waals surface area contributed by atoms with E-state index in [9.17, 15) is 4.79 Å². The van der Waals surface area contributed by atoms with Gasteiger partial charge in [-0.05, 0) is 26.2 Å². The fourth-order valence-electron chi connectivity index (χ4n) is 2.38. The van der Waals surface area contributed by atoms with Gasteiger partial charge in [-0.2, -0.15) is 0 Å². The van der Waals surface area contributed by atoms with E-state index in [0.29, 0.717) is 12.0 Å². The summed E-state index contributed by atoms with van der Waals surface area (Å²) in [5.41, 5.74) is 1.03. The Bertz CT molecular complexity index is 303. The SMILES string of the molecule is CC(C)=CC(=O)NCC(CC(C)C)N1CCOCC1. The lowest BCUT2D eigenvalue weighted by Gasteiger charge is -2.35. The summed E-state index contributed by atoms with van der Waals surface area (Å²) in [4.78, 5) is 14.1. The van der Waals surface area contributed by atoms with Crippen LogP contribution in [0.4, 0.5) is 0 Å². The molecule has 1 fully saturated rings. The number of carbonyl (C=O) groups is 1. The van der Waals surface area contributed by atoms with Gasteiger partial charge in [0.2, 0.25) is 5.91 Å². The minimum atomic E-state index is 0.0158. The molecule has 4 nitrogen and oxygen atoms in total. The van der Waals surface area contributed by atoms with Crippen molar-refractivity contribution in [3.05, 3.63) is 11.6 Å². The standard InChI is InChI=1S/C15H28N2O2/c1-12(2)9-14(17-5-7-19-8-6-17)11-16-15(18)10-13(3)4/h10,12,14H,5-9,11H2,1-4H3,(H,16,18). The highest BCUT2D eigenvalue weighted by Crippen LogP contribution is 2.13. The molecule has 1 heterocycles. The number of morpholine rings is 1. The summed E-state index contributed by atoms with van der Waals surface area (Å²) in [5, 5.41) is 3.02. The van der Waals surface area contributed by atoms with Crippen LogP contribution in [0.15, 0.2) is 11.6 Å². The summed E-state index contributed by atoms with van der Waals surface area (Å²) in [5.74, 6) is 0.648. The Morgan fingerprint density at radius 2 is 1.95 bits per heavy atom. The summed E-state index contributed by atoms with van der Waals surface area (Å²) in [6, 6.07) is 0.415. The summed E-state index contributed by atoms with van der Waals surface area (Å²) < 4.78 is 5.39. The number of amides is 1. The number of carbonyl (C=O) groups excluding carboxylic acids is 1. The van der Waals surface area contributed by atoms with Crippen molar-refractivity contribution in [1.29, 1.82) is 0 Å². The average molecular weight is 268 g/mol. The average Bonchev–Trinajstić information content (AvgIpc) is 2.34. The first kappa shape index (κ1) is 16.2. The molecule has 110 valence electrons. The Morgan fingerprint density at radius 3 is 2.47 bits per heavy atom. The van der Waals surface area contributed by atoms with Crippen LogP contribution < -0.4 is 5.32 Å². The van der Waals surface area contributed by atoms with Crippen molar-refractivity contribution in [2.24, 2.45) is 5.92 Å². The summed E-state index contributed by atoms with van der Waals surface area (Å²) >= 11 is 0. The molecule has 0 aliphatic carbocycles. The van der Waals surface area contributed by atoms with Gasteiger partial charge in [0.15, 0.2) is 0 Å². The molecule has 0 spiro atoms. The van der Waals surface area contributed by atoms with E-state index in [-0.39, 0.29) is 5.91 Å². The molecular formula is C15H28N2O2. The molecule has 0 saturated carbocycles. The molecule has 4 heteroatoms. The second-order valence-electron chi connectivity index (χ2n) is 5.90. The lowest BCUT2D eigenvalue weighted by atomic mass is 10.0. The molecule has 0 bridgehead atoms. The number of allylic oxidation sites excluding steroid dienone is 1. The molecule has 1 saturated heterocycles. The summed E-state index contributed by atoms with van der Waals surface area (Å²) in [6.07, 6.45) is 2.76. The lowest BCUT2D eigenvalue weighted by molar-refractivity contribution is -0.116. The predicted octanol–water partition coefficient (Wildman–Crippen LogP) is 1.82. The molecule has 0 aromatic heterocycles. The number of nitrogens with one attached hydrogen (secondary N) is 1. The molecule has 1 N–H and O–H groups in total. The smallest absolute Gasteiger partial charge is 0.243 e. The van der Waals surface area contributed by atoms with Crippen molar-refractivity contribution >= 4 is 5.91 Å². The lowest BCUT2D eigenvalue weighted by Crippen LogP contribution is -2.49. The molecule has 1 rings (SSSR count). The molecule has 0 radical (unpaired) electrons. The van der Waals surface area contributed by atoms with Crippen LogP contribution in [0.2, 0.25) is 0 Å². The highest BCUT2D eigenvalue weighted by molar-refractivity contribution is 5.88. The fraction of sp³-hybridized carbons (Fsp3) is 0.800. The van der Waals surface area contributed by atoms with E-state index in [1.54, 1.807) is 6.08 Å². The molecule has 1 amide bonds. The van der Waals surface area contributed by atoms with E-state index in [0.717, 1.165) is 44.8 Å². The third-order valence-electron chi connectivity index (χ3n) is 3.24. The zero-order chi connectivity index (χ0) is 14.3. The van der Waals surface area contributed by atoms with E-state index in [4.69, 9.17) is 4.74 Å². The van der Waals surface area contributed by atoms with Gasteiger partial charge in [-0.15, -0.1) is 0 Å². The largest absolute Gasteiger partial charge is 0.379 e. The van der Waals surface area contributed by atoms with Crippen molar-refractivity contribution in [3.63, 3.8) is 0 Å². The van der Waals surface area contributed by atoms with E-state index >= 15 is 0 Å². The van der Waals surface area contributed by atoms with Crippen molar-refractivity contribution in [2.45, 2.75) is 40.2 Å². The number of hydrogen-bond donors (Lipinski definition) is 1. The van der Waals surface area contributed by atoms with Gasteiger partial charge in [-0.3, -0.25) is 9.69 Å². The van der Waals surface area contributed by atoms with Crippen LogP contribution in [0.5, 0.6) is 0 Å². The first-order valence-corrected chi connectivity index (χ1v) is 7.23. The second kappa shape index (κ2) is 8.33. The van der Waals surface area contributed by atoms with Gasteiger partial charge in [0, 0.05) is 31.8 Å². The summed E-state index contributed by atoms with van der Waals surface area (Å²) in [7, 11) is 0. The van der Waals surface area contributed by atoms with Gasteiger partial charge in [0.05, 0.1) is 13.2 Å². The second-order valence-corrected chi connectivity index (χ2v) is 5.90. The van der Waals surface area contributed by atoms with Crippen LogP contribution in [0.3, 0.4) is 0 Å². The Labute approximate surface area is 117 Å². The van der Waals surface area contributed by atoms with Gasteiger partial charge in [-0.1, -0.05) is 19.4 Å². The van der Waals surface area contributed by atoms with Crippen LogP contribution in [0, 0.1) is 5.92 Å². The third-order valence-corrected chi connectivity index (χ3v) is 3.24. The van der Waals surface area contributed by atoms with Gasteiger partial charge in [0.25, 0.3) is 0 Å². The quantitative estimate of drug-likeness (QED) is 0.747. The van der Waals surface area contributed by atoms with E-state index in [1.807, 2.05) is 13.8 Å². The first-order chi connectivity index (χ1) is 8.99. The van der Waals surface area contributed by atoms with Gasteiger partial charge >= 0.3 is 0 Å². The van der Waals surface area contributed by atoms with Crippen LogP contribution in [0.25, 0.3) is 0 Å². The number of rotatable bonds is 6. The van der Waals surface area contributed by atoms with Gasteiger partial charge in [-0.25, -0.2) is 0 Å². The number of nitrogens with zero attached hydrogens (tertiary/aromatic N) is 1. The molecule has 1 atom stereocenters. The third kappa shape index (κ3) is 6.73. The van der Waals surface area contributed by atoms with Crippen molar-refractivity contribution in [2.75, 3.05) is 32.8 Å². The first-order valence-electron chi connectivity index (χ1n) is 7.23. The van der Waals surface area contributed by atoms with Crippen molar-refractivity contribution < 1.29 is 9.53 Å². The van der Waals surface area contributed by atoms with Crippen LogP contribution in [-0.4, -0.2) is 49.7 Å². The summed E-state index contributed by atoms with van der Waals surface area (Å²) in [6.45, 7) is 12.6. The molecule has 0 aromatic rings. The van der Waals surface area contributed by atoms with Gasteiger partial charge in [0.1, 0.15) is 0 Å². The van der Waals surface area contributed by atoms with E-state index < -0.39 is 0 Å². The molecule has 1 aliphatic heterocycles. The van der Waals surface area contributed by atoms with Crippen LogP contribution in [-0.2, 0) is 9.53 Å². The van der Waals surface area contributed by atoms with Crippen LogP contribution >= 0.6 is 0 Å².